The van der Waals surface area contributed by atoms with Crippen LogP contribution < -0.4 is 9.47 Å². The van der Waals surface area contributed by atoms with E-state index in [0.29, 0.717) is 22.4 Å². The van der Waals surface area contributed by atoms with E-state index >= 15 is 0 Å². The predicted molar refractivity (Wildman–Crippen MR) is 102 cm³/mol. The monoisotopic (exact) mass is 378 g/mol. The minimum absolute atomic E-state index is 0.00321. The molecule has 3 nitrogen and oxygen atoms in total. The Morgan fingerprint density at radius 3 is 2.36 bits per heavy atom. The van der Waals surface area contributed by atoms with Gasteiger partial charge in [0, 0.05) is 11.1 Å². The number of Topliss-reactive ketones (excluding diaryl/α,β-unsaturated/α-hetero) is 1. The van der Waals surface area contributed by atoms with Crippen LogP contribution in [-0.4, -0.2) is 12.4 Å². The zero-order valence-electron chi connectivity index (χ0n) is 14.7. The summed E-state index contributed by atoms with van der Waals surface area (Å²) in [4.78, 5) is 13.2. The molecule has 1 aliphatic heterocycles. The molecule has 1 atom stereocenters. The number of para-hydroxylation sites is 2. The van der Waals surface area contributed by atoms with Crippen molar-refractivity contribution in [3.63, 3.8) is 0 Å². The largest absolute Gasteiger partial charge is 0.480 e. The molecule has 0 aliphatic carbocycles. The maximum Gasteiger partial charge on any atom is 0.387 e. The molecule has 0 saturated heterocycles. The number of benzene rings is 3. The first-order valence-corrected chi connectivity index (χ1v) is 8.74. The number of alkyl halides is 2. The van der Waals surface area contributed by atoms with Crippen molar-refractivity contribution in [2.75, 3.05) is 0 Å². The number of carbonyl (C=O) groups excluding carboxylic acids is 1. The summed E-state index contributed by atoms with van der Waals surface area (Å²) in [5.74, 6) is 0.293. The molecule has 3 aromatic carbocycles. The van der Waals surface area contributed by atoms with E-state index in [1.165, 1.54) is 6.07 Å². The first kappa shape index (κ1) is 17.9. The molecule has 140 valence electrons. The highest BCUT2D eigenvalue weighted by molar-refractivity contribution is 6.14. The average Bonchev–Trinajstić information content (AvgIpc) is 2.71. The second-order valence-electron chi connectivity index (χ2n) is 6.25. The molecule has 0 fully saturated rings. The third-order valence-electron chi connectivity index (χ3n) is 4.47. The van der Waals surface area contributed by atoms with Gasteiger partial charge in [-0.3, -0.25) is 4.79 Å². The number of ketones is 1. The van der Waals surface area contributed by atoms with E-state index in [0.717, 1.165) is 5.56 Å². The molecule has 28 heavy (non-hydrogen) atoms. The molecule has 5 heteroatoms. The topological polar surface area (TPSA) is 35.5 Å². The number of hydrogen-bond acceptors (Lipinski definition) is 3. The molecule has 0 N–H and O–H groups in total. The lowest BCUT2D eigenvalue weighted by atomic mass is 9.89. The third-order valence-corrected chi connectivity index (χ3v) is 4.47. The lowest BCUT2D eigenvalue weighted by Crippen LogP contribution is -2.23. The molecule has 0 aromatic heterocycles. The van der Waals surface area contributed by atoms with Gasteiger partial charge in [-0.05, 0) is 29.8 Å². The summed E-state index contributed by atoms with van der Waals surface area (Å²) >= 11 is 0. The fourth-order valence-corrected chi connectivity index (χ4v) is 3.21. The highest BCUT2D eigenvalue weighted by atomic mass is 19.3. The van der Waals surface area contributed by atoms with Crippen molar-refractivity contribution in [3.05, 3.63) is 101 Å². The minimum Gasteiger partial charge on any atom is -0.480 e. The maximum absolute atomic E-state index is 13.2. The lowest BCUT2D eigenvalue weighted by molar-refractivity contribution is -0.0499. The first-order valence-electron chi connectivity index (χ1n) is 8.74. The van der Waals surface area contributed by atoms with Crippen LogP contribution in [0.4, 0.5) is 8.78 Å². The number of rotatable bonds is 4. The van der Waals surface area contributed by atoms with Crippen molar-refractivity contribution in [1.82, 2.24) is 0 Å². The Hall–Kier alpha value is -3.47. The van der Waals surface area contributed by atoms with E-state index in [9.17, 15) is 13.6 Å². The van der Waals surface area contributed by atoms with Crippen molar-refractivity contribution >= 4 is 11.9 Å². The quantitative estimate of drug-likeness (QED) is 0.547. The average molecular weight is 378 g/mol. The van der Waals surface area contributed by atoms with Gasteiger partial charge in [-0.25, -0.2) is 0 Å². The fraction of sp³-hybridized carbons (Fsp3) is 0.0870. The summed E-state index contributed by atoms with van der Waals surface area (Å²) in [6, 6.07) is 22.7. The van der Waals surface area contributed by atoms with Crippen molar-refractivity contribution in [1.29, 1.82) is 0 Å². The number of carbonyl (C=O) groups is 1. The molecule has 3 aromatic rings. The maximum atomic E-state index is 13.2. The van der Waals surface area contributed by atoms with Gasteiger partial charge in [0.25, 0.3) is 0 Å². The summed E-state index contributed by atoms with van der Waals surface area (Å²) < 4.78 is 36.2. The van der Waals surface area contributed by atoms with Crippen LogP contribution in [0.5, 0.6) is 11.5 Å². The van der Waals surface area contributed by atoms with E-state index in [-0.39, 0.29) is 11.5 Å². The Morgan fingerprint density at radius 1 is 0.893 bits per heavy atom. The Morgan fingerprint density at radius 2 is 1.57 bits per heavy atom. The van der Waals surface area contributed by atoms with Gasteiger partial charge in [-0.1, -0.05) is 60.7 Å². The van der Waals surface area contributed by atoms with Gasteiger partial charge >= 0.3 is 6.61 Å². The van der Waals surface area contributed by atoms with Crippen LogP contribution in [0.2, 0.25) is 0 Å². The van der Waals surface area contributed by atoms with E-state index in [2.05, 4.69) is 4.74 Å². The SMILES string of the molecule is O=C1/C(=C\c2ccccc2OC(F)F)C(c2ccccc2)Oc2ccccc21. The molecule has 0 radical (unpaired) electrons. The molecule has 0 amide bonds. The van der Waals surface area contributed by atoms with Crippen LogP contribution in [0.3, 0.4) is 0 Å². The normalized spacial score (nSPS) is 17.3. The first-order chi connectivity index (χ1) is 13.6. The second-order valence-corrected chi connectivity index (χ2v) is 6.25. The predicted octanol–water partition coefficient (Wildman–Crippen LogP) is 5.69. The Kier molecular flexibility index (Phi) is 4.89. The van der Waals surface area contributed by atoms with Crippen molar-refractivity contribution in [2.45, 2.75) is 12.7 Å². The fourth-order valence-electron chi connectivity index (χ4n) is 3.21. The standard InChI is InChI=1S/C23H16F2O3/c24-23(25)28-19-12-6-4-10-16(19)14-18-21(26)17-11-5-7-13-20(17)27-22(18)15-8-2-1-3-9-15/h1-14,22-23H/b18-14+. The van der Waals surface area contributed by atoms with Crippen LogP contribution in [0, 0.1) is 0 Å². The van der Waals surface area contributed by atoms with E-state index in [1.54, 1.807) is 48.5 Å². The van der Waals surface area contributed by atoms with Crippen molar-refractivity contribution in [2.24, 2.45) is 0 Å². The van der Waals surface area contributed by atoms with E-state index in [1.807, 2.05) is 30.3 Å². The van der Waals surface area contributed by atoms with Gasteiger partial charge in [0.1, 0.15) is 11.5 Å². The summed E-state index contributed by atoms with van der Waals surface area (Å²) in [7, 11) is 0. The summed E-state index contributed by atoms with van der Waals surface area (Å²) in [5.41, 5.74) is 1.97. The van der Waals surface area contributed by atoms with Crippen molar-refractivity contribution < 1.29 is 23.0 Å². The highest BCUT2D eigenvalue weighted by Crippen LogP contribution is 2.39. The van der Waals surface area contributed by atoms with Crippen LogP contribution in [0.25, 0.3) is 6.08 Å². The summed E-state index contributed by atoms with van der Waals surface area (Å²) in [6.07, 6.45) is 0.913. The molecular formula is C23H16F2O3. The molecule has 1 unspecified atom stereocenters. The molecule has 0 saturated carbocycles. The summed E-state index contributed by atoms with van der Waals surface area (Å²) in [6.45, 7) is -2.96. The third kappa shape index (κ3) is 3.51. The molecule has 4 rings (SSSR count). The minimum atomic E-state index is -2.96. The number of ether oxygens (including phenoxy) is 2. The molecule has 0 bridgehead atoms. The van der Waals surface area contributed by atoms with Gasteiger partial charge in [0.15, 0.2) is 11.9 Å². The smallest absolute Gasteiger partial charge is 0.387 e. The molecule has 0 spiro atoms. The van der Waals surface area contributed by atoms with Gasteiger partial charge in [-0.2, -0.15) is 8.78 Å². The Bertz CT molecular complexity index is 1030. The second kappa shape index (κ2) is 7.64. The Balaban J connectivity index is 1.85. The van der Waals surface area contributed by atoms with Crippen molar-refractivity contribution in [3.8, 4) is 11.5 Å². The van der Waals surface area contributed by atoms with Gasteiger partial charge in [0.05, 0.1) is 5.56 Å². The molecule has 1 aliphatic rings. The lowest BCUT2D eigenvalue weighted by Gasteiger charge is -2.28. The van der Waals surface area contributed by atoms with E-state index < -0.39 is 12.7 Å². The van der Waals surface area contributed by atoms with E-state index in [4.69, 9.17) is 4.74 Å². The van der Waals surface area contributed by atoms with Crippen LogP contribution in [0.15, 0.2) is 84.4 Å². The highest BCUT2D eigenvalue weighted by Gasteiger charge is 2.33. The van der Waals surface area contributed by atoms with Gasteiger partial charge < -0.3 is 9.47 Å². The van der Waals surface area contributed by atoms with Crippen LogP contribution in [0.1, 0.15) is 27.6 Å². The molecular weight excluding hydrogens is 362 g/mol. The summed E-state index contributed by atoms with van der Waals surface area (Å²) in [5, 5.41) is 0. The van der Waals surface area contributed by atoms with Crippen LogP contribution in [-0.2, 0) is 0 Å². The van der Waals surface area contributed by atoms with Gasteiger partial charge in [-0.15, -0.1) is 0 Å². The van der Waals surface area contributed by atoms with Crippen LogP contribution >= 0.6 is 0 Å². The number of hydrogen-bond donors (Lipinski definition) is 0. The number of halogens is 2. The Labute approximate surface area is 160 Å². The number of fused-ring (bicyclic) bond motifs is 1. The zero-order valence-corrected chi connectivity index (χ0v) is 14.7. The zero-order chi connectivity index (χ0) is 19.5. The molecule has 1 heterocycles. The van der Waals surface area contributed by atoms with Gasteiger partial charge in [0.2, 0.25) is 0 Å².